The molecule has 3 aliphatic carbocycles. The van der Waals surface area contributed by atoms with Gasteiger partial charge in [-0.1, -0.05) is 12.8 Å². The van der Waals surface area contributed by atoms with Crippen molar-refractivity contribution in [3.63, 3.8) is 0 Å². The number of aliphatic hydroxyl groups is 1. The van der Waals surface area contributed by atoms with Crippen molar-refractivity contribution in [2.24, 2.45) is 23.5 Å². The highest BCUT2D eigenvalue weighted by atomic mass is 16.3. The van der Waals surface area contributed by atoms with Crippen LogP contribution in [0.5, 0.6) is 0 Å². The number of hydrogen-bond donors (Lipinski definition) is 3. The van der Waals surface area contributed by atoms with Crippen LogP contribution in [0.3, 0.4) is 0 Å². The maximum absolute atomic E-state index is 9.43. The fraction of sp³-hybridized carbons (Fsp3) is 1.00. The molecule has 5 atom stereocenters. The Labute approximate surface area is 104 Å². The summed E-state index contributed by atoms with van der Waals surface area (Å²) in [6, 6.07) is 0.517. The zero-order valence-corrected chi connectivity index (χ0v) is 10.7. The van der Waals surface area contributed by atoms with E-state index in [1.807, 2.05) is 0 Å². The summed E-state index contributed by atoms with van der Waals surface area (Å²) in [4.78, 5) is 0. The lowest BCUT2D eigenvalue weighted by Gasteiger charge is -2.41. The minimum absolute atomic E-state index is 0.214. The van der Waals surface area contributed by atoms with E-state index in [9.17, 15) is 5.11 Å². The second kappa shape index (κ2) is 4.52. The summed E-state index contributed by atoms with van der Waals surface area (Å²) in [7, 11) is 0. The number of nitrogens with one attached hydrogen (secondary N) is 1. The van der Waals surface area contributed by atoms with Gasteiger partial charge in [0, 0.05) is 24.7 Å². The first-order valence-corrected chi connectivity index (χ1v) is 7.36. The largest absolute Gasteiger partial charge is 0.396 e. The van der Waals surface area contributed by atoms with Crippen molar-refractivity contribution in [1.82, 2.24) is 5.32 Å². The fourth-order valence-corrected chi connectivity index (χ4v) is 4.74. The summed E-state index contributed by atoms with van der Waals surface area (Å²) in [5.74, 6) is 2.19. The Kier molecular flexibility index (Phi) is 3.18. The minimum atomic E-state index is 0.214. The Bertz CT molecular complexity index is 283. The van der Waals surface area contributed by atoms with Crippen molar-refractivity contribution in [1.29, 1.82) is 0 Å². The van der Waals surface area contributed by atoms with Gasteiger partial charge in [0.2, 0.25) is 0 Å². The Hall–Kier alpha value is -0.120. The van der Waals surface area contributed by atoms with Crippen LogP contribution in [0, 0.1) is 17.8 Å². The van der Waals surface area contributed by atoms with E-state index >= 15 is 0 Å². The molecule has 2 bridgehead atoms. The summed E-state index contributed by atoms with van der Waals surface area (Å²) in [6.45, 7) is 1.12. The predicted octanol–water partition coefficient (Wildman–Crippen LogP) is 1.25. The van der Waals surface area contributed by atoms with Crippen LogP contribution in [-0.4, -0.2) is 29.8 Å². The summed E-state index contributed by atoms with van der Waals surface area (Å²) in [5, 5.41) is 13.3. The Morgan fingerprint density at radius 1 is 1.24 bits per heavy atom. The van der Waals surface area contributed by atoms with Gasteiger partial charge in [-0.05, 0) is 49.9 Å². The summed E-state index contributed by atoms with van der Waals surface area (Å²) >= 11 is 0. The molecule has 5 unspecified atom stereocenters. The van der Waals surface area contributed by atoms with Gasteiger partial charge in [-0.2, -0.15) is 0 Å². The highest BCUT2D eigenvalue weighted by molar-refractivity contribution is 5.08. The molecular formula is C14H26N2O. The number of fused-ring (bicyclic) bond motifs is 2. The van der Waals surface area contributed by atoms with Crippen molar-refractivity contribution in [2.45, 2.75) is 56.5 Å². The zero-order valence-electron chi connectivity index (χ0n) is 10.7. The highest BCUT2D eigenvalue weighted by Crippen LogP contribution is 2.51. The average Bonchev–Trinajstić information content (AvgIpc) is 3.03. The van der Waals surface area contributed by atoms with Crippen molar-refractivity contribution in [3.8, 4) is 0 Å². The highest BCUT2D eigenvalue weighted by Gasteiger charge is 2.51. The normalized spacial score (nSPS) is 49.1. The van der Waals surface area contributed by atoms with Crippen LogP contribution in [0.2, 0.25) is 0 Å². The van der Waals surface area contributed by atoms with Crippen molar-refractivity contribution >= 4 is 0 Å². The van der Waals surface area contributed by atoms with Crippen molar-refractivity contribution in [2.75, 3.05) is 13.2 Å². The second-order valence-electron chi connectivity index (χ2n) is 6.56. The van der Waals surface area contributed by atoms with Gasteiger partial charge >= 0.3 is 0 Å². The fourth-order valence-electron chi connectivity index (χ4n) is 4.74. The van der Waals surface area contributed by atoms with E-state index in [1.165, 1.54) is 44.9 Å². The van der Waals surface area contributed by atoms with Gasteiger partial charge in [-0.15, -0.1) is 0 Å². The second-order valence-corrected chi connectivity index (χ2v) is 6.56. The van der Waals surface area contributed by atoms with Gasteiger partial charge in [0.1, 0.15) is 0 Å². The van der Waals surface area contributed by atoms with Crippen molar-refractivity contribution in [3.05, 3.63) is 0 Å². The smallest absolute Gasteiger partial charge is 0.0474 e. The lowest BCUT2D eigenvalue weighted by atomic mass is 9.79. The van der Waals surface area contributed by atoms with E-state index in [1.54, 1.807) is 0 Å². The molecule has 3 saturated carbocycles. The monoisotopic (exact) mass is 238 g/mol. The van der Waals surface area contributed by atoms with E-state index in [2.05, 4.69) is 5.32 Å². The molecule has 0 heterocycles. The van der Waals surface area contributed by atoms with Crippen LogP contribution >= 0.6 is 0 Å². The summed E-state index contributed by atoms with van der Waals surface area (Å²) in [5.41, 5.74) is 6.31. The van der Waals surface area contributed by atoms with E-state index < -0.39 is 0 Å². The number of aliphatic hydroxyl groups excluding tert-OH is 1. The molecule has 0 aromatic carbocycles. The summed E-state index contributed by atoms with van der Waals surface area (Å²) in [6.07, 6.45) is 9.13. The van der Waals surface area contributed by atoms with Gasteiger partial charge < -0.3 is 16.2 Å². The molecule has 3 heteroatoms. The minimum Gasteiger partial charge on any atom is -0.396 e. The maximum atomic E-state index is 9.43. The molecule has 98 valence electrons. The molecule has 0 aromatic heterocycles. The van der Waals surface area contributed by atoms with E-state index in [-0.39, 0.29) is 5.54 Å². The first kappa shape index (κ1) is 11.9. The topological polar surface area (TPSA) is 58.3 Å². The maximum Gasteiger partial charge on any atom is 0.0474 e. The molecule has 0 radical (unpaired) electrons. The zero-order chi connectivity index (χ0) is 11.9. The molecule has 0 saturated heterocycles. The third-order valence-electron chi connectivity index (χ3n) is 5.71. The standard InChI is InChI=1S/C14H26N2O/c15-9-14(7-10-4-5-12(14)6-10)16-13-3-1-2-11(13)8-17/h10-13,16-17H,1-9,15H2. The average molecular weight is 238 g/mol. The van der Waals surface area contributed by atoms with Gasteiger partial charge in [-0.25, -0.2) is 0 Å². The number of hydrogen-bond acceptors (Lipinski definition) is 3. The Morgan fingerprint density at radius 3 is 2.71 bits per heavy atom. The van der Waals surface area contributed by atoms with Crippen LogP contribution < -0.4 is 11.1 Å². The van der Waals surface area contributed by atoms with Crippen LogP contribution in [0.4, 0.5) is 0 Å². The molecule has 17 heavy (non-hydrogen) atoms. The van der Waals surface area contributed by atoms with E-state index in [0.717, 1.165) is 18.4 Å². The first-order chi connectivity index (χ1) is 8.27. The molecule has 3 fully saturated rings. The molecule has 0 spiro atoms. The predicted molar refractivity (Wildman–Crippen MR) is 68.6 cm³/mol. The number of rotatable bonds is 4. The lowest BCUT2D eigenvalue weighted by Crippen LogP contribution is -2.59. The molecule has 0 amide bonds. The van der Waals surface area contributed by atoms with Gasteiger partial charge in [-0.3, -0.25) is 0 Å². The molecule has 0 aromatic rings. The van der Waals surface area contributed by atoms with Crippen LogP contribution in [0.25, 0.3) is 0 Å². The third-order valence-corrected chi connectivity index (χ3v) is 5.71. The van der Waals surface area contributed by atoms with Gasteiger partial charge in [0.25, 0.3) is 0 Å². The van der Waals surface area contributed by atoms with E-state index in [0.29, 0.717) is 18.6 Å². The lowest BCUT2D eigenvalue weighted by molar-refractivity contribution is 0.147. The molecule has 4 N–H and O–H groups in total. The van der Waals surface area contributed by atoms with Crippen molar-refractivity contribution < 1.29 is 5.11 Å². The molecular weight excluding hydrogens is 212 g/mol. The van der Waals surface area contributed by atoms with Gasteiger partial charge in [0.05, 0.1) is 0 Å². The van der Waals surface area contributed by atoms with Crippen LogP contribution in [0.15, 0.2) is 0 Å². The third kappa shape index (κ3) is 1.92. The number of nitrogens with two attached hydrogens (primary N) is 1. The Balaban J connectivity index is 1.70. The molecule has 0 aliphatic heterocycles. The SMILES string of the molecule is NCC1(NC2CCCC2CO)CC2CCC1C2. The van der Waals surface area contributed by atoms with Crippen LogP contribution in [-0.2, 0) is 0 Å². The van der Waals surface area contributed by atoms with Crippen LogP contribution in [0.1, 0.15) is 44.9 Å². The van der Waals surface area contributed by atoms with Gasteiger partial charge in [0.15, 0.2) is 0 Å². The quantitative estimate of drug-likeness (QED) is 0.691. The molecule has 3 rings (SSSR count). The molecule has 3 nitrogen and oxygen atoms in total. The molecule has 3 aliphatic rings. The first-order valence-electron chi connectivity index (χ1n) is 7.36. The Morgan fingerprint density at radius 2 is 2.12 bits per heavy atom. The van der Waals surface area contributed by atoms with E-state index in [4.69, 9.17) is 5.73 Å². The summed E-state index contributed by atoms with van der Waals surface area (Å²) < 4.78 is 0.